The van der Waals surface area contributed by atoms with Crippen LogP contribution in [0.3, 0.4) is 0 Å². The molecule has 1 aromatic carbocycles. The van der Waals surface area contributed by atoms with Crippen LogP contribution >= 0.6 is 22.7 Å². The quantitative estimate of drug-likeness (QED) is 0.571. The molecule has 0 aliphatic rings. The lowest BCUT2D eigenvalue weighted by atomic mass is 10.0. The molecule has 0 aliphatic carbocycles. The molecule has 98 valence electrons. The number of aryl methyl sites for hydroxylation is 1. The molecule has 0 saturated carbocycles. The first-order valence-electron chi connectivity index (χ1n) is 6.11. The Labute approximate surface area is 120 Å². The Hall–Kier alpha value is -1.27. The molecule has 19 heavy (non-hydrogen) atoms. The van der Waals surface area contributed by atoms with Crippen molar-refractivity contribution in [2.24, 2.45) is 5.84 Å². The Morgan fingerprint density at radius 2 is 2.21 bits per heavy atom. The van der Waals surface area contributed by atoms with E-state index in [-0.39, 0.29) is 6.04 Å². The van der Waals surface area contributed by atoms with Crippen LogP contribution in [0.15, 0.2) is 35.8 Å². The molecule has 2 aromatic heterocycles. The Balaban J connectivity index is 1.90. The first kappa shape index (κ1) is 12.7. The molecular weight excluding hydrogens is 274 g/mol. The number of rotatable bonds is 4. The minimum atomic E-state index is 0.129. The van der Waals surface area contributed by atoms with E-state index in [9.17, 15) is 0 Å². The van der Waals surface area contributed by atoms with Crippen molar-refractivity contribution in [1.29, 1.82) is 0 Å². The van der Waals surface area contributed by atoms with Crippen LogP contribution in [-0.2, 0) is 6.42 Å². The Bertz CT molecular complexity index is 687. The maximum atomic E-state index is 5.71. The maximum absolute atomic E-state index is 5.71. The fourth-order valence-electron chi connectivity index (χ4n) is 2.19. The number of nitrogens with zero attached hydrogens (tertiary/aromatic N) is 1. The second-order valence-electron chi connectivity index (χ2n) is 4.46. The maximum Gasteiger partial charge on any atom is 0.0897 e. The number of hydrazine groups is 1. The molecule has 0 fully saturated rings. The van der Waals surface area contributed by atoms with Crippen LogP contribution in [0.1, 0.15) is 21.5 Å². The summed E-state index contributed by atoms with van der Waals surface area (Å²) in [6.07, 6.45) is 2.81. The van der Waals surface area contributed by atoms with Crippen LogP contribution in [0.25, 0.3) is 10.1 Å². The number of nitrogens with one attached hydrogen (secondary N) is 1. The molecule has 3 aromatic rings. The predicted molar refractivity (Wildman–Crippen MR) is 82.4 cm³/mol. The average molecular weight is 289 g/mol. The third-order valence-electron chi connectivity index (χ3n) is 3.17. The van der Waals surface area contributed by atoms with E-state index in [4.69, 9.17) is 5.84 Å². The summed E-state index contributed by atoms with van der Waals surface area (Å²) in [5.74, 6) is 5.71. The van der Waals surface area contributed by atoms with Gasteiger partial charge in [-0.15, -0.1) is 22.7 Å². The summed E-state index contributed by atoms with van der Waals surface area (Å²) in [6.45, 7) is 2.02. The van der Waals surface area contributed by atoms with E-state index in [1.807, 2.05) is 13.1 Å². The molecule has 5 heteroatoms. The molecule has 3 rings (SSSR count). The summed E-state index contributed by atoms with van der Waals surface area (Å²) in [5.41, 5.74) is 4.25. The third-order valence-corrected chi connectivity index (χ3v) is 5.21. The highest BCUT2D eigenvalue weighted by Crippen LogP contribution is 2.30. The van der Waals surface area contributed by atoms with Crippen molar-refractivity contribution >= 4 is 32.8 Å². The second-order valence-corrected chi connectivity index (χ2v) is 6.64. The fraction of sp³-hybridized carbons (Fsp3) is 0.214. The fourth-order valence-corrected chi connectivity index (χ4v) is 4.01. The van der Waals surface area contributed by atoms with Crippen LogP contribution in [0.5, 0.6) is 0 Å². The number of fused-ring (bicyclic) bond motifs is 1. The van der Waals surface area contributed by atoms with E-state index < -0.39 is 0 Å². The lowest BCUT2D eigenvalue weighted by Gasteiger charge is -2.13. The van der Waals surface area contributed by atoms with Gasteiger partial charge in [0.1, 0.15) is 0 Å². The number of hydrogen-bond donors (Lipinski definition) is 2. The molecule has 3 nitrogen and oxygen atoms in total. The molecule has 0 amide bonds. The van der Waals surface area contributed by atoms with Crippen molar-refractivity contribution in [3.05, 3.63) is 51.3 Å². The third kappa shape index (κ3) is 2.55. The van der Waals surface area contributed by atoms with Gasteiger partial charge >= 0.3 is 0 Å². The molecule has 0 bridgehead atoms. The number of hydrogen-bond acceptors (Lipinski definition) is 5. The highest BCUT2D eigenvalue weighted by atomic mass is 32.1. The largest absolute Gasteiger partial charge is 0.271 e. The molecule has 0 saturated heterocycles. The van der Waals surface area contributed by atoms with E-state index in [0.717, 1.165) is 11.4 Å². The van der Waals surface area contributed by atoms with Crippen molar-refractivity contribution in [3.63, 3.8) is 0 Å². The van der Waals surface area contributed by atoms with Crippen molar-refractivity contribution in [2.45, 2.75) is 19.4 Å². The van der Waals surface area contributed by atoms with E-state index in [2.05, 4.69) is 40.1 Å². The van der Waals surface area contributed by atoms with E-state index in [1.54, 1.807) is 22.7 Å². The smallest absolute Gasteiger partial charge is 0.0897 e. The van der Waals surface area contributed by atoms with Gasteiger partial charge in [0.05, 0.1) is 11.0 Å². The van der Waals surface area contributed by atoms with Gasteiger partial charge in [-0.1, -0.05) is 18.2 Å². The van der Waals surface area contributed by atoms with Gasteiger partial charge in [-0.3, -0.25) is 11.3 Å². The summed E-state index contributed by atoms with van der Waals surface area (Å²) in [5, 5.41) is 4.63. The van der Waals surface area contributed by atoms with Crippen LogP contribution in [0, 0.1) is 6.92 Å². The van der Waals surface area contributed by atoms with Crippen LogP contribution < -0.4 is 11.3 Å². The zero-order valence-corrected chi connectivity index (χ0v) is 12.2. The summed E-state index contributed by atoms with van der Waals surface area (Å²) in [7, 11) is 0. The van der Waals surface area contributed by atoms with Crippen LogP contribution in [-0.4, -0.2) is 4.98 Å². The first-order valence-corrected chi connectivity index (χ1v) is 7.81. The predicted octanol–water partition coefficient (Wildman–Crippen LogP) is 3.41. The van der Waals surface area contributed by atoms with Crippen LogP contribution in [0.4, 0.5) is 0 Å². The Kier molecular flexibility index (Phi) is 3.61. The SMILES string of the molecule is Cc1ncc(C(Cc2csc3ccccc23)NN)s1. The van der Waals surface area contributed by atoms with Gasteiger partial charge in [-0.05, 0) is 35.7 Å². The highest BCUT2D eigenvalue weighted by molar-refractivity contribution is 7.17. The lowest BCUT2D eigenvalue weighted by molar-refractivity contribution is 0.562. The van der Waals surface area contributed by atoms with Crippen molar-refractivity contribution < 1.29 is 0 Å². The van der Waals surface area contributed by atoms with Gasteiger partial charge < -0.3 is 0 Å². The Morgan fingerprint density at radius 1 is 1.37 bits per heavy atom. The van der Waals surface area contributed by atoms with Gasteiger partial charge in [-0.2, -0.15) is 0 Å². The summed E-state index contributed by atoms with van der Waals surface area (Å²) in [6, 6.07) is 8.62. The normalized spacial score (nSPS) is 12.9. The zero-order chi connectivity index (χ0) is 13.2. The van der Waals surface area contributed by atoms with Crippen molar-refractivity contribution in [2.75, 3.05) is 0 Å². The minimum absolute atomic E-state index is 0.129. The average Bonchev–Trinajstić information content (AvgIpc) is 3.03. The van der Waals surface area contributed by atoms with Gasteiger partial charge in [0.25, 0.3) is 0 Å². The van der Waals surface area contributed by atoms with Gasteiger partial charge in [0.15, 0.2) is 0 Å². The number of aromatic nitrogens is 1. The summed E-state index contributed by atoms with van der Waals surface area (Å²) < 4.78 is 1.33. The Morgan fingerprint density at radius 3 is 2.95 bits per heavy atom. The van der Waals surface area contributed by atoms with Crippen molar-refractivity contribution in [3.8, 4) is 0 Å². The van der Waals surface area contributed by atoms with Crippen molar-refractivity contribution in [1.82, 2.24) is 10.4 Å². The van der Waals surface area contributed by atoms with Gasteiger partial charge in [0.2, 0.25) is 0 Å². The second kappa shape index (κ2) is 5.38. The summed E-state index contributed by atoms with van der Waals surface area (Å²) >= 11 is 3.48. The van der Waals surface area contributed by atoms with Crippen LogP contribution in [0.2, 0.25) is 0 Å². The highest BCUT2D eigenvalue weighted by Gasteiger charge is 2.15. The van der Waals surface area contributed by atoms with Gasteiger partial charge in [-0.25, -0.2) is 4.98 Å². The first-order chi connectivity index (χ1) is 9.28. The standard InChI is InChI=1S/C14H15N3S2/c1-9-16-7-14(19-9)12(17-15)6-10-8-18-13-5-3-2-4-11(10)13/h2-5,7-8,12,17H,6,15H2,1H3. The lowest BCUT2D eigenvalue weighted by Crippen LogP contribution is -2.28. The van der Waals surface area contributed by atoms with E-state index >= 15 is 0 Å². The number of thiophene rings is 1. The molecule has 1 unspecified atom stereocenters. The number of thiazole rings is 1. The van der Waals surface area contributed by atoms with Gasteiger partial charge in [0, 0.05) is 15.8 Å². The number of nitrogens with two attached hydrogens (primary N) is 1. The zero-order valence-electron chi connectivity index (χ0n) is 10.6. The van der Waals surface area contributed by atoms with E-state index in [0.29, 0.717) is 0 Å². The molecular formula is C14H15N3S2. The molecule has 2 heterocycles. The minimum Gasteiger partial charge on any atom is -0.271 e. The molecule has 0 aliphatic heterocycles. The molecule has 0 radical (unpaired) electrons. The summed E-state index contributed by atoms with van der Waals surface area (Å²) in [4.78, 5) is 5.49. The molecule has 3 N–H and O–H groups in total. The molecule has 1 atom stereocenters. The topological polar surface area (TPSA) is 50.9 Å². The van der Waals surface area contributed by atoms with E-state index in [1.165, 1.54) is 20.5 Å². The number of benzene rings is 1. The monoisotopic (exact) mass is 289 g/mol. The molecule has 0 spiro atoms.